The number of rotatable bonds is 6. The maximum atomic E-state index is 13.3. The molecular formula is C24H23FN2O4S. The van der Waals surface area contributed by atoms with Crippen molar-refractivity contribution in [2.45, 2.75) is 23.8 Å². The lowest BCUT2D eigenvalue weighted by Crippen LogP contribution is -2.30. The van der Waals surface area contributed by atoms with Crippen LogP contribution in [-0.4, -0.2) is 32.9 Å². The van der Waals surface area contributed by atoms with Crippen molar-refractivity contribution in [3.8, 4) is 5.75 Å². The third-order valence-electron chi connectivity index (χ3n) is 5.50. The Morgan fingerprint density at radius 2 is 1.78 bits per heavy atom. The van der Waals surface area contributed by atoms with Crippen LogP contribution in [0.1, 0.15) is 34.8 Å². The number of anilines is 1. The summed E-state index contributed by atoms with van der Waals surface area (Å²) in [5, 5.41) is 0. The van der Waals surface area contributed by atoms with Crippen molar-refractivity contribution < 1.29 is 22.3 Å². The summed E-state index contributed by atoms with van der Waals surface area (Å²) < 4.78 is 46.6. The number of ether oxygens (including phenoxy) is 1. The number of likely N-dealkylation sites (tertiary alicyclic amines) is 1. The van der Waals surface area contributed by atoms with E-state index >= 15 is 0 Å². The number of sulfonamides is 1. The molecular weight excluding hydrogens is 431 g/mol. The van der Waals surface area contributed by atoms with Gasteiger partial charge in [-0.25, -0.2) is 12.8 Å². The second-order valence-electron chi connectivity index (χ2n) is 7.57. The molecule has 32 heavy (non-hydrogen) atoms. The van der Waals surface area contributed by atoms with E-state index in [-0.39, 0.29) is 28.2 Å². The van der Waals surface area contributed by atoms with Gasteiger partial charge in [0.2, 0.25) is 0 Å². The van der Waals surface area contributed by atoms with Gasteiger partial charge in [0, 0.05) is 17.8 Å². The monoisotopic (exact) mass is 454 g/mol. The van der Waals surface area contributed by atoms with E-state index in [1.807, 2.05) is 0 Å². The first-order valence-electron chi connectivity index (χ1n) is 10.2. The lowest BCUT2D eigenvalue weighted by atomic mass is 10.0. The van der Waals surface area contributed by atoms with Gasteiger partial charge < -0.3 is 9.64 Å². The second kappa shape index (κ2) is 9.00. The lowest BCUT2D eigenvalue weighted by Gasteiger charge is -2.25. The molecule has 166 valence electrons. The van der Waals surface area contributed by atoms with E-state index in [1.165, 1.54) is 31.4 Å². The number of benzene rings is 3. The maximum absolute atomic E-state index is 13.3. The van der Waals surface area contributed by atoms with Gasteiger partial charge in [-0.3, -0.25) is 9.52 Å². The Kier molecular flexibility index (Phi) is 6.14. The minimum atomic E-state index is -3.89. The van der Waals surface area contributed by atoms with Crippen LogP contribution in [-0.2, 0) is 10.0 Å². The summed E-state index contributed by atoms with van der Waals surface area (Å²) >= 11 is 0. The molecule has 0 aromatic heterocycles. The van der Waals surface area contributed by atoms with Crippen LogP contribution in [0.2, 0.25) is 0 Å². The number of amides is 1. The quantitative estimate of drug-likeness (QED) is 0.590. The SMILES string of the molecule is COc1ccc(NS(=O)(=O)c2cccc(C(=O)N3CCCC3c3ccc(F)cc3)c2)cc1. The van der Waals surface area contributed by atoms with Crippen molar-refractivity contribution in [1.82, 2.24) is 4.90 Å². The predicted octanol–water partition coefficient (Wildman–Crippen LogP) is 4.61. The van der Waals surface area contributed by atoms with Crippen LogP contribution in [0.5, 0.6) is 5.75 Å². The Balaban J connectivity index is 1.56. The predicted molar refractivity (Wildman–Crippen MR) is 120 cm³/mol. The molecule has 3 aromatic rings. The summed E-state index contributed by atoms with van der Waals surface area (Å²) in [6, 6.07) is 18.5. The summed E-state index contributed by atoms with van der Waals surface area (Å²) in [5.74, 6) is 0.0343. The number of carbonyl (C=O) groups is 1. The molecule has 1 amide bonds. The molecule has 1 atom stereocenters. The van der Waals surface area contributed by atoms with Crippen LogP contribution < -0.4 is 9.46 Å². The molecule has 3 aromatic carbocycles. The van der Waals surface area contributed by atoms with Crippen LogP contribution in [0.25, 0.3) is 0 Å². The van der Waals surface area contributed by atoms with Gasteiger partial charge in [0.25, 0.3) is 15.9 Å². The first-order valence-corrected chi connectivity index (χ1v) is 11.7. The largest absolute Gasteiger partial charge is 0.497 e. The van der Waals surface area contributed by atoms with Crippen LogP contribution in [0, 0.1) is 5.82 Å². The molecule has 6 nitrogen and oxygen atoms in total. The summed E-state index contributed by atoms with van der Waals surface area (Å²) in [6.07, 6.45) is 1.60. The average Bonchev–Trinajstić information content (AvgIpc) is 3.29. The van der Waals surface area contributed by atoms with Crippen molar-refractivity contribution in [3.63, 3.8) is 0 Å². The molecule has 1 heterocycles. The minimum absolute atomic E-state index is 0.00306. The Bertz CT molecular complexity index is 1210. The number of hydrogen-bond donors (Lipinski definition) is 1. The second-order valence-corrected chi connectivity index (χ2v) is 9.25. The van der Waals surface area contributed by atoms with Crippen molar-refractivity contribution in [1.29, 1.82) is 0 Å². The van der Waals surface area contributed by atoms with E-state index in [4.69, 9.17) is 4.74 Å². The number of methoxy groups -OCH3 is 1. The van der Waals surface area contributed by atoms with E-state index in [2.05, 4.69) is 4.72 Å². The van der Waals surface area contributed by atoms with E-state index in [0.29, 0.717) is 18.0 Å². The van der Waals surface area contributed by atoms with Crippen molar-refractivity contribution in [2.24, 2.45) is 0 Å². The highest BCUT2D eigenvalue weighted by Crippen LogP contribution is 2.33. The first kappa shape index (κ1) is 21.8. The van der Waals surface area contributed by atoms with Crippen molar-refractivity contribution in [2.75, 3.05) is 18.4 Å². The topological polar surface area (TPSA) is 75.7 Å². The van der Waals surface area contributed by atoms with Crippen LogP contribution in [0.3, 0.4) is 0 Å². The summed E-state index contributed by atoms with van der Waals surface area (Å²) in [6.45, 7) is 0.557. The Hall–Kier alpha value is -3.39. The summed E-state index contributed by atoms with van der Waals surface area (Å²) in [7, 11) is -2.36. The molecule has 1 fully saturated rings. The zero-order valence-electron chi connectivity index (χ0n) is 17.5. The number of nitrogens with one attached hydrogen (secondary N) is 1. The molecule has 0 bridgehead atoms. The molecule has 8 heteroatoms. The number of hydrogen-bond acceptors (Lipinski definition) is 4. The summed E-state index contributed by atoms with van der Waals surface area (Å²) in [4.78, 5) is 14.9. The van der Waals surface area contributed by atoms with E-state index < -0.39 is 10.0 Å². The van der Waals surface area contributed by atoms with E-state index in [1.54, 1.807) is 53.4 Å². The Morgan fingerprint density at radius 3 is 2.47 bits per heavy atom. The first-order chi connectivity index (χ1) is 15.4. The third kappa shape index (κ3) is 4.60. The van der Waals surface area contributed by atoms with Crippen LogP contribution in [0.4, 0.5) is 10.1 Å². The Morgan fingerprint density at radius 1 is 1.06 bits per heavy atom. The van der Waals surface area contributed by atoms with Gasteiger partial charge in [0.05, 0.1) is 18.0 Å². The lowest BCUT2D eigenvalue weighted by molar-refractivity contribution is 0.0735. The maximum Gasteiger partial charge on any atom is 0.261 e. The minimum Gasteiger partial charge on any atom is -0.497 e. The molecule has 0 saturated carbocycles. The zero-order valence-corrected chi connectivity index (χ0v) is 18.3. The van der Waals surface area contributed by atoms with E-state index in [9.17, 15) is 17.6 Å². The zero-order chi connectivity index (χ0) is 22.7. The fraction of sp³-hybridized carbons (Fsp3) is 0.208. The molecule has 1 aliphatic rings. The van der Waals surface area contributed by atoms with Crippen molar-refractivity contribution in [3.05, 3.63) is 89.7 Å². The van der Waals surface area contributed by atoms with Crippen molar-refractivity contribution >= 4 is 21.6 Å². The Labute approximate surface area is 186 Å². The van der Waals surface area contributed by atoms with Gasteiger partial charge in [-0.05, 0) is 73.0 Å². The van der Waals surface area contributed by atoms with Crippen LogP contribution in [0.15, 0.2) is 77.7 Å². The molecule has 1 aliphatic heterocycles. The molecule has 1 unspecified atom stereocenters. The molecule has 1 saturated heterocycles. The standard InChI is InChI=1S/C24H23FN2O4S/c1-31-21-13-11-20(12-14-21)26-32(29,30)22-5-2-4-18(16-22)24(28)27-15-3-6-23(27)17-7-9-19(25)10-8-17/h2,4-5,7-14,16,23,26H,3,6,15H2,1H3. The van der Waals surface area contributed by atoms with Gasteiger partial charge in [-0.1, -0.05) is 18.2 Å². The highest BCUT2D eigenvalue weighted by atomic mass is 32.2. The number of nitrogens with zero attached hydrogens (tertiary/aromatic N) is 1. The number of carbonyl (C=O) groups excluding carboxylic acids is 1. The fourth-order valence-electron chi connectivity index (χ4n) is 3.88. The highest BCUT2D eigenvalue weighted by Gasteiger charge is 2.31. The summed E-state index contributed by atoms with van der Waals surface area (Å²) in [5.41, 5.74) is 1.54. The molecule has 0 aliphatic carbocycles. The van der Waals surface area contributed by atoms with Gasteiger partial charge >= 0.3 is 0 Å². The third-order valence-corrected chi connectivity index (χ3v) is 6.88. The highest BCUT2D eigenvalue weighted by molar-refractivity contribution is 7.92. The molecule has 0 spiro atoms. The molecule has 0 radical (unpaired) electrons. The van der Waals surface area contributed by atoms with Gasteiger partial charge in [-0.2, -0.15) is 0 Å². The van der Waals surface area contributed by atoms with Gasteiger partial charge in [0.1, 0.15) is 11.6 Å². The smallest absolute Gasteiger partial charge is 0.261 e. The van der Waals surface area contributed by atoms with E-state index in [0.717, 1.165) is 18.4 Å². The van der Waals surface area contributed by atoms with Gasteiger partial charge in [-0.15, -0.1) is 0 Å². The normalized spacial score (nSPS) is 16.1. The number of halogens is 1. The van der Waals surface area contributed by atoms with Gasteiger partial charge in [0.15, 0.2) is 0 Å². The molecule has 4 rings (SSSR count). The fourth-order valence-corrected chi connectivity index (χ4v) is 4.98. The average molecular weight is 455 g/mol. The molecule has 1 N–H and O–H groups in total. The van der Waals surface area contributed by atoms with Crippen LogP contribution >= 0.6 is 0 Å².